The van der Waals surface area contributed by atoms with Crippen LogP contribution in [-0.4, -0.2) is 18.5 Å². The lowest BCUT2D eigenvalue weighted by atomic mass is 9.83. The molecule has 0 radical (unpaired) electrons. The quantitative estimate of drug-likeness (QED) is 0.498. The molecule has 2 aliphatic rings. The van der Waals surface area contributed by atoms with Crippen LogP contribution in [0, 0.1) is 5.92 Å². The SMILES string of the molecule is CCCOC(=O)c1c(-c2ccc(C3CCCCC3)cc2)csc1NC(=O)C1CCC1. The van der Waals surface area contributed by atoms with Crippen LogP contribution in [0.15, 0.2) is 29.6 Å². The number of benzene rings is 1. The molecule has 160 valence electrons. The molecular formula is C25H31NO3S. The number of hydrogen-bond acceptors (Lipinski definition) is 4. The Labute approximate surface area is 183 Å². The molecule has 2 fully saturated rings. The van der Waals surface area contributed by atoms with Gasteiger partial charge in [0.2, 0.25) is 5.91 Å². The number of carbonyl (C=O) groups excluding carboxylic acids is 2. The van der Waals surface area contributed by atoms with E-state index in [-0.39, 0.29) is 17.8 Å². The van der Waals surface area contributed by atoms with Gasteiger partial charge < -0.3 is 10.1 Å². The number of esters is 1. The van der Waals surface area contributed by atoms with Gasteiger partial charge in [0.1, 0.15) is 10.6 Å². The van der Waals surface area contributed by atoms with Crippen LogP contribution < -0.4 is 5.32 Å². The van der Waals surface area contributed by atoms with E-state index in [0.717, 1.165) is 36.8 Å². The highest BCUT2D eigenvalue weighted by molar-refractivity contribution is 7.15. The van der Waals surface area contributed by atoms with E-state index in [0.29, 0.717) is 23.1 Å². The van der Waals surface area contributed by atoms with Crippen LogP contribution in [0.1, 0.15) is 86.6 Å². The number of ether oxygens (including phenoxy) is 1. The first-order valence-electron chi connectivity index (χ1n) is 11.4. The number of nitrogens with one attached hydrogen (secondary N) is 1. The minimum atomic E-state index is -0.353. The third-order valence-electron chi connectivity index (χ3n) is 6.44. The number of thiophene rings is 1. The van der Waals surface area contributed by atoms with Crippen molar-refractivity contribution in [2.75, 3.05) is 11.9 Å². The Bertz CT molecular complexity index is 876. The molecule has 0 unspecified atom stereocenters. The largest absolute Gasteiger partial charge is 0.462 e. The average molecular weight is 426 g/mol. The summed E-state index contributed by atoms with van der Waals surface area (Å²) < 4.78 is 5.46. The van der Waals surface area contributed by atoms with Crippen LogP contribution in [0.4, 0.5) is 5.00 Å². The van der Waals surface area contributed by atoms with E-state index in [2.05, 4.69) is 29.6 Å². The van der Waals surface area contributed by atoms with Crippen molar-refractivity contribution in [3.05, 3.63) is 40.8 Å². The summed E-state index contributed by atoms with van der Waals surface area (Å²) in [5.41, 5.74) is 3.73. The molecular weight excluding hydrogens is 394 g/mol. The number of amides is 1. The number of carbonyl (C=O) groups is 2. The first-order valence-corrected chi connectivity index (χ1v) is 12.2. The molecule has 30 heavy (non-hydrogen) atoms. The highest BCUT2D eigenvalue weighted by atomic mass is 32.1. The number of rotatable bonds is 7. The first kappa shape index (κ1) is 21.1. The van der Waals surface area contributed by atoms with Gasteiger partial charge in [-0.3, -0.25) is 4.79 Å². The van der Waals surface area contributed by atoms with Crippen molar-refractivity contribution in [1.82, 2.24) is 0 Å². The normalized spacial score (nSPS) is 17.4. The van der Waals surface area contributed by atoms with Gasteiger partial charge in [-0.2, -0.15) is 0 Å². The van der Waals surface area contributed by atoms with Gasteiger partial charge in [-0.1, -0.05) is 56.9 Å². The molecule has 1 aromatic heterocycles. The van der Waals surface area contributed by atoms with Gasteiger partial charge in [-0.25, -0.2) is 4.79 Å². The van der Waals surface area contributed by atoms with Crippen molar-refractivity contribution in [2.24, 2.45) is 5.92 Å². The van der Waals surface area contributed by atoms with Gasteiger partial charge in [0.05, 0.1) is 6.61 Å². The van der Waals surface area contributed by atoms with E-state index in [4.69, 9.17) is 4.74 Å². The second kappa shape index (κ2) is 9.78. The third-order valence-corrected chi connectivity index (χ3v) is 7.34. The summed E-state index contributed by atoms with van der Waals surface area (Å²) in [7, 11) is 0. The molecule has 5 heteroatoms. The van der Waals surface area contributed by atoms with Gasteiger partial charge in [0.15, 0.2) is 0 Å². The molecule has 4 rings (SSSR count). The fourth-order valence-electron chi connectivity index (χ4n) is 4.39. The van der Waals surface area contributed by atoms with Crippen LogP contribution in [-0.2, 0) is 9.53 Å². The summed E-state index contributed by atoms with van der Waals surface area (Å²) in [5, 5.41) is 5.58. The molecule has 4 nitrogen and oxygen atoms in total. The maximum atomic E-state index is 12.9. The lowest BCUT2D eigenvalue weighted by Crippen LogP contribution is -2.28. The lowest BCUT2D eigenvalue weighted by molar-refractivity contribution is -0.122. The van der Waals surface area contributed by atoms with Gasteiger partial charge in [0.25, 0.3) is 0 Å². The highest BCUT2D eigenvalue weighted by Crippen LogP contribution is 2.39. The summed E-state index contributed by atoms with van der Waals surface area (Å²) in [6, 6.07) is 8.63. The van der Waals surface area contributed by atoms with Crippen LogP contribution >= 0.6 is 11.3 Å². The molecule has 1 amide bonds. The Morgan fingerprint density at radius 1 is 1.03 bits per heavy atom. The molecule has 1 N–H and O–H groups in total. The highest BCUT2D eigenvalue weighted by Gasteiger charge is 2.28. The monoisotopic (exact) mass is 425 g/mol. The van der Waals surface area contributed by atoms with Crippen LogP contribution in [0.2, 0.25) is 0 Å². The zero-order chi connectivity index (χ0) is 20.9. The summed E-state index contributed by atoms with van der Waals surface area (Å²) in [6.07, 6.45) is 10.3. The average Bonchev–Trinajstić information content (AvgIpc) is 3.15. The van der Waals surface area contributed by atoms with E-state index < -0.39 is 0 Å². The molecule has 2 aromatic rings. The van der Waals surface area contributed by atoms with Crippen LogP contribution in [0.25, 0.3) is 11.1 Å². The summed E-state index contributed by atoms with van der Waals surface area (Å²) in [5.74, 6) is 0.395. The fourth-order valence-corrected chi connectivity index (χ4v) is 5.35. The van der Waals surface area contributed by atoms with Crippen molar-refractivity contribution in [3.8, 4) is 11.1 Å². The van der Waals surface area contributed by atoms with E-state index in [1.54, 1.807) is 0 Å². The van der Waals surface area contributed by atoms with E-state index in [9.17, 15) is 9.59 Å². The van der Waals surface area contributed by atoms with Gasteiger partial charge in [-0.15, -0.1) is 11.3 Å². The maximum absolute atomic E-state index is 12.9. The van der Waals surface area contributed by atoms with Crippen molar-refractivity contribution >= 4 is 28.2 Å². The molecule has 0 atom stereocenters. The van der Waals surface area contributed by atoms with E-state index in [1.807, 2.05) is 12.3 Å². The minimum Gasteiger partial charge on any atom is -0.462 e. The van der Waals surface area contributed by atoms with Gasteiger partial charge in [-0.05, 0) is 49.1 Å². The Balaban J connectivity index is 1.59. The molecule has 0 spiro atoms. The first-order chi connectivity index (χ1) is 14.7. The minimum absolute atomic E-state index is 0.0202. The lowest BCUT2D eigenvalue weighted by Gasteiger charge is -2.24. The Hall–Kier alpha value is -2.14. The standard InChI is InChI=1S/C25H31NO3S/c1-2-15-29-25(28)22-21(16-30-24(22)26-23(27)20-9-6-10-20)19-13-11-18(12-14-19)17-7-4-3-5-8-17/h11-14,16-17,20H,2-10,15H2,1H3,(H,26,27). The smallest absolute Gasteiger partial charge is 0.341 e. The fraction of sp³-hybridized carbons (Fsp3) is 0.520. The predicted molar refractivity (Wildman–Crippen MR) is 122 cm³/mol. The van der Waals surface area contributed by atoms with Crippen molar-refractivity contribution in [1.29, 1.82) is 0 Å². The molecule has 0 aliphatic heterocycles. The second-order valence-electron chi connectivity index (χ2n) is 8.56. The van der Waals surface area contributed by atoms with E-state index in [1.165, 1.54) is 49.0 Å². The topological polar surface area (TPSA) is 55.4 Å². The molecule has 0 saturated heterocycles. The number of hydrogen-bond donors (Lipinski definition) is 1. The van der Waals surface area contributed by atoms with Crippen LogP contribution in [0.3, 0.4) is 0 Å². The molecule has 1 heterocycles. The third kappa shape index (κ3) is 4.61. The Morgan fingerprint density at radius 3 is 2.40 bits per heavy atom. The van der Waals surface area contributed by atoms with Gasteiger partial charge in [0, 0.05) is 16.9 Å². The van der Waals surface area contributed by atoms with Crippen LogP contribution in [0.5, 0.6) is 0 Å². The second-order valence-corrected chi connectivity index (χ2v) is 9.44. The summed E-state index contributed by atoms with van der Waals surface area (Å²) >= 11 is 1.41. The zero-order valence-electron chi connectivity index (χ0n) is 17.7. The van der Waals surface area contributed by atoms with Crippen molar-refractivity contribution in [2.45, 2.75) is 70.6 Å². The Morgan fingerprint density at radius 2 is 1.77 bits per heavy atom. The zero-order valence-corrected chi connectivity index (χ0v) is 18.6. The Kier molecular flexibility index (Phi) is 6.88. The maximum Gasteiger partial charge on any atom is 0.341 e. The molecule has 2 aliphatic carbocycles. The van der Waals surface area contributed by atoms with Gasteiger partial charge >= 0.3 is 5.97 Å². The molecule has 1 aromatic carbocycles. The number of anilines is 1. The molecule has 0 bridgehead atoms. The van der Waals surface area contributed by atoms with Crippen molar-refractivity contribution < 1.29 is 14.3 Å². The van der Waals surface area contributed by atoms with E-state index >= 15 is 0 Å². The summed E-state index contributed by atoms with van der Waals surface area (Å²) in [6.45, 7) is 2.36. The summed E-state index contributed by atoms with van der Waals surface area (Å²) in [4.78, 5) is 25.4. The van der Waals surface area contributed by atoms with Crippen molar-refractivity contribution in [3.63, 3.8) is 0 Å². The molecule has 2 saturated carbocycles. The predicted octanol–water partition coefficient (Wildman–Crippen LogP) is 6.77.